The Morgan fingerprint density at radius 2 is 1.82 bits per heavy atom. The number of anilines is 2. The molecule has 5 aromatic rings. The maximum absolute atomic E-state index is 14.1. The van der Waals surface area contributed by atoms with Gasteiger partial charge in [0.1, 0.15) is 5.52 Å². The Bertz CT molecular complexity index is 2330. The molecular formula is C42H46ClF2N7O4. The first-order valence-electron chi connectivity index (χ1n) is 20.1. The molecule has 0 spiro atoms. The van der Waals surface area contributed by atoms with Crippen molar-refractivity contribution in [2.75, 3.05) is 39.6 Å². The van der Waals surface area contributed by atoms with E-state index in [1.807, 2.05) is 43.3 Å². The van der Waals surface area contributed by atoms with E-state index in [2.05, 4.69) is 25.2 Å². The number of rotatable bonds is 12. The molecule has 294 valence electrons. The number of benzene rings is 2. The quantitative estimate of drug-likeness (QED) is 0.119. The predicted octanol–water partition coefficient (Wildman–Crippen LogP) is 8.14. The van der Waals surface area contributed by atoms with E-state index in [9.17, 15) is 18.7 Å². The zero-order valence-corrected chi connectivity index (χ0v) is 32.2. The summed E-state index contributed by atoms with van der Waals surface area (Å²) >= 11 is 7.16. The third-order valence-electron chi connectivity index (χ3n) is 10.8. The van der Waals surface area contributed by atoms with Gasteiger partial charge < -0.3 is 19.9 Å². The van der Waals surface area contributed by atoms with Gasteiger partial charge in [0, 0.05) is 64.9 Å². The molecule has 7 rings (SSSR count). The van der Waals surface area contributed by atoms with Crippen LogP contribution < -0.4 is 10.1 Å². The van der Waals surface area contributed by atoms with Crippen LogP contribution in [0, 0.1) is 12.8 Å². The van der Waals surface area contributed by atoms with Crippen molar-refractivity contribution in [2.45, 2.75) is 70.7 Å². The molecule has 2 aromatic carbocycles. The van der Waals surface area contributed by atoms with Crippen LogP contribution in [-0.2, 0) is 22.6 Å². The summed E-state index contributed by atoms with van der Waals surface area (Å²) < 4.78 is 63.8. The Labute approximate surface area is 334 Å². The number of aromatic nitrogens is 4. The molecule has 1 aliphatic carbocycles. The molecule has 14 heteroatoms. The lowest BCUT2D eigenvalue weighted by atomic mass is 9.85. The van der Waals surface area contributed by atoms with Gasteiger partial charge in [-0.25, -0.2) is 23.7 Å². The summed E-state index contributed by atoms with van der Waals surface area (Å²) in [4.78, 5) is 33.3. The number of likely N-dealkylation sites (tertiary alicyclic amines) is 1. The molecule has 2 N–H and O–H groups in total. The number of halogens is 3. The van der Waals surface area contributed by atoms with Crippen LogP contribution >= 0.6 is 11.6 Å². The number of aliphatic hydroxyl groups is 1. The largest absolute Gasteiger partial charge is 0.481 e. The van der Waals surface area contributed by atoms with Gasteiger partial charge in [-0.05, 0) is 80.9 Å². The van der Waals surface area contributed by atoms with Gasteiger partial charge in [0.15, 0.2) is 11.6 Å². The lowest BCUT2D eigenvalue weighted by molar-refractivity contribution is -0.146. The zero-order valence-electron chi connectivity index (χ0n) is 34.4. The van der Waals surface area contributed by atoms with E-state index in [4.69, 9.17) is 30.2 Å². The Hall–Kier alpha value is -4.82. The van der Waals surface area contributed by atoms with E-state index in [1.54, 1.807) is 24.4 Å². The Balaban J connectivity index is 1.15. The summed E-state index contributed by atoms with van der Waals surface area (Å²) in [5.41, 5.74) is 5.97. The molecule has 1 saturated carbocycles. The molecule has 3 aromatic heterocycles. The highest BCUT2D eigenvalue weighted by Gasteiger charge is 2.29. The van der Waals surface area contributed by atoms with Crippen molar-refractivity contribution in [1.29, 1.82) is 0 Å². The lowest BCUT2D eigenvalue weighted by Gasteiger charge is -2.34. The maximum Gasteiger partial charge on any atom is 0.308 e. The first-order chi connectivity index (χ1) is 28.2. The van der Waals surface area contributed by atoms with Crippen LogP contribution in [0.25, 0.3) is 33.4 Å². The van der Waals surface area contributed by atoms with Gasteiger partial charge in [-0.15, -0.1) is 0 Å². The van der Waals surface area contributed by atoms with E-state index < -0.39 is 19.2 Å². The predicted molar refractivity (Wildman–Crippen MR) is 212 cm³/mol. The monoisotopic (exact) mass is 788 g/mol. The molecular weight excluding hydrogens is 740 g/mol. The van der Waals surface area contributed by atoms with Gasteiger partial charge in [0.2, 0.25) is 5.88 Å². The van der Waals surface area contributed by atoms with Gasteiger partial charge in [0.05, 0.1) is 42.5 Å². The molecule has 1 saturated heterocycles. The molecule has 0 unspecified atom stereocenters. The average molecular weight is 789 g/mol. The summed E-state index contributed by atoms with van der Waals surface area (Å²) in [5.74, 6) is -0.724. The van der Waals surface area contributed by atoms with Crippen LogP contribution in [0.3, 0.4) is 0 Å². The summed E-state index contributed by atoms with van der Waals surface area (Å²) in [7, 11) is 2.85. The molecule has 4 heterocycles. The molecule has 0 radical (unpaired) electrons. The average Bonchev–Trinajstić information content (AvgIpc) is 3.63. The molecule has 0 amide bonds. The van der Waals surface area contributed by atoms with Crippen LogP contribution in [0.2, 0.25) is 5.02 Å². The number of hydrogen-bond acceptors (Lipinski definition) is 11. The van der Waals surface area contributed by atoms with E-state index in [-0.39, 0.29) is 47.8 Å². The highest BCUT2D eigenvalue weighted by molar-refractivity contribution is 6.36. The number of β-amino-alcohol motifs (C(OH)–C–C–N with tert-alkyl or cyclic N) is 1. The summed E-state index contributed by atoms with van der Waals surface area (Å²) in [6.07, 6.45) is 1.24. The number of nitrogens with zero attached hydrogens (tertiary/aromatic N) is 6. The second kappa shape index (κ2) is 17.1. The minimum atomic E-state index is -2.91. The zero-order chi connectivity index (χ0) is 42.0. The fourth-order valence-corrected chi connectivity index (χ4v) is 8.04. The number of esters is 1. The number of pyridine rings is 2. The van der Waals surface area contributed by atoms with Crippen molar-refractivity contribution < 1.29 is 32.3 Å². The van der Waals surface area contributed by atoms with Crippen molar-refractivity contribution in [3.63, 3.8) is 0 Å². The van der Waals surface area contributed by atoms with Crippen molar-refractivity contribution in [1.82, 2.24) is 29.7 Å². The molecule has 1 aliphatic heterocycles. The molecule has 1 atom stereocenters. The maximum atomic E-state index is 14.1. The topological polar surface area (TPSA) is 126 Å². The Morgan fingerprint density at radius 1 is 1.05 bits per heavy atom. The second-order valence-electron chi connectivity index (χ2n) is 14.4. The number of aliphatic hydroxyl groups excluding tert-OH is 1. The van der Waals surface area contributed by atoms with E-state index in [0.717, 1.165) is 23.2 Å². The lowest BCUT2D eigenvalue weighted by Crippen LogP contribution is -2.36. The summed E-state index contributed by atoms with van der Waals surface area (Å²) in [6.45, 7) is 1.34. The molecule has 56 heavy (non-hydrogen) atoms. The van der Waals surface area contributed by atoms with E-state index in [0.29, 0.717) is 83.8 Å². The number of carbonyl (C=O) groups is 1. The fourth-order valence-electron chi connectivity index (χ4n) is 7.71. The standard InChI is InChI=1S/C42H46ClF2N7O4/c1-24-30(7-6-10-33(24)47-39-37-35(48-40(50-39)38(44)45)19-25(20-46-37)21-52-18-17-29(53)23-52)31-8-5-9-32(36(31)43)34-16-13-27(41(49-34)55-3)22-51(2)28-14-11-26(12-15-28)42(54)56-4/h5-10,13,16,19-20,26,28-29,38,53H,11-12,14-15,17-18,21-23H2,1-4H3,(H,47,48,50)/t26?,28?,29-/m1/s1/i2D3. The number of fused-ring (bicyclic) bond motifs is 1. The third-order valence-corrected chi connectivity index (χ3v) is 11.2. The smallest absolute Gasteiger partial charge is 0.308 e. The van der Waals surface area contributed by atoms with Crippen LogP contribution in [0.5, 0.6) is 5.88 Å². The van der Waals surface area contributed by atoms with Crippen molar-refractivity contribution in [3.05, 3.63) is 88.3 Å². The number of nitrogens with one attached hydrogen (secondary N) is 1. The van der Waals surface area contributed by atoms with Crippen LogP contribution in [0.1, 0.15) is 65.2 Å². The van der Waals surface area contributed by atoms with Gasteiger partial charge in [-0.1, -0.05) is 48.0 Å². The van der Waals surface area contributed by atoms with Gasteiger partial charge in [-0.3, -0.25) is 19.6 Å². The van der Waals surface area contributed by atoms with Gasteiger partial charge >= 0.3 is 5.97 Å². The number of methoxy groups -OCH3 is 2. The Kier molecular flexibility index (Phi) is 10.9. The number of carbonyl (C=O) groups excluding carboxylic acids is 1. The number of alkyl halides is 2. The van der Waals surface area contributed by atoms with Crippen molar-refractivity contribution >= 4 is 40.1 Å². The van der Waals surface area contributed by atoms with Gasteiger partial charge in [0.25, 0.3) is 6.43 Å². The van der Waals surface area contributed by atoms with E-state index in [1.165, 1.54) is 19.1 Å². The summed E-state index contributed by atoms with van der Waals surface area (Å²) in [5, 5.41) is 13.6. The van der Waals surface area contributed by atoms with Crippen LogP contribution in [0.15, 0.2) is 60.8 Å². The Morgan fingerprint density at radius 3 is 2.54 bits per heavy atom. The molecule has 11 nitrogen and oxygen atoms in total. The third kappa shape index (κ3) is 8.46. The van der Waals surface area contributed by atoms with Crippen molar-refractivity contribution in [3.8, 4) is 28.3 Å². The molecule has 0 bridgehead atoms. The SMILES string of the molecule is [2H]C([2H])([2H])N(Cc1ccc(-c2cccc(-c3cccc(Nc4nc(C(F)F)nc5cc(CN6CC[C@@H](O)C6)cnc45)c3C)c2Cl)nc1OC)C1CCC(C(=O)OC)CC1. The first-order valence-corrected chi connectivity index (χ1v) is 19.0. The van der Waals surface area contributed by atoms with Crippen LogP contribution in [-0.4, -0.2) is 87.2 Å². The molecule has 2 aliphatic rings. The van der Waals surface area contributed by atoms with Crippen molar-refractivity contribution in [2.24, 2.45) is 5.92 Å². The van der Waals surface area contributed by atoms with Gasteiger partial charge in [-0.2, -0.15) is 0 Å². The second-order valence-corrected chi connectivity index (χ2v) is 14.8. The fraction of sp³-hybridized carbons (Fsp3) is 0.405. The minimum Gasteiger partial charge on any atom is -0.481 e. The van der Waals surface area contributed by atoms with Crippen LogP contribution in [0.4, 0.5) is 20.3 Å². The van der Waals surface area contributed by atoms with E-state index >= 15 is 0 Å². The number of ether oxygens (including phenoxy) is 2. The summed E-state index contributed by atoms with van der Waals surface area (Å²) in [6, 6.07) is 16.2. The minimum absolute atomic E-state index is 0.0635. The highest BCUT2D eigenvalue weighted by atomic mass is 35.5. The number of hydrogen-bond donors (Lipinski definition) is 2. The molecule has 2 fully saturated rings. The highest BCUT2D eigenvalue weighted by Crippen LogP contribution is 2.40. The normalized spacial score (nSPS) is 19.9. The first kappa shape index (κ1) is 35.6.